The molecular formula is C13H11ClN2. The van der Waals surface area contributed by atoms with Crippen LogP contribution in [0.1, 0.15) is 0 Å². The van der Waals surface area contributed by atoms with Gasteiger partial charge in [0.05, 0.1) is 0 Å². The van der Waals surface area contributed by atoms with E-state index < -0.39 is 0 Å². The molecule has 0 saturated heterocycles. The average molecular weight is 231 g/mol. The fraction of sp³-hybridized carbons (Fsp3) is 0.0769. The van der Waals surface area contributed by atoms with E-state index in [-0.39, 0.29) is 0 Å². The lowest BCUT2D eigenvalue weighted by Crippen LogP contribution is -1.85. The summed E-state index contributed by atoms with van der Waals surface area (Å²) < 4.78 is 4.01. The predicted molar refractivity (Wildman–Crippen MR) is 66.8 cm³/mol. The zero-order valence-electron chi connectivity index (χ0n) is 8.89. The minimum atomic E-state index is 0.745. The fourth-order valence-corrected chi connectivity index (χ4v) is 2.13. The number of hydrogen-bond acceptors (Lipinski definition) is 0. The smallest absolute Gasteiger partial charge is 0.127 e. The molecule has 1 aromatic carbocycles. The molecule has 0 amide bonds. The second-order valence-electron chi connectivity index (χ2n) is 3.87. The normalized spacial score (nSPS) is 11.1. The van der Waals surface area contributed by atoms with Crippen LogP contribution in [-0.2, 0) is 7.05 Å². The molecule has 0 saturated carbocycles. The number of imidazole rings is 1. The highest BCUT2D eigenvalue weighted by Gasteiger charge is 2.07. The second kappa shape index (κ2) is 3.42. The van der Waals surface area contributed by atoms with Crippen LogP contribution < -0.4 is 0 Å². The molecule has 0 atom stereocenters. The van der Waals surface area contributed by atoms with E-state index in [4.69, 9.17) is 11.6 Å². The number of aromatic nitrogens is 2. The van der Waals surface area contributed by atoms with Crippen molar-refractivity contribution in [1.82, 2.24) is 8.97 Å². The summed E-state index contributed by atoms with van der Waals surface area (Å²) in [5, 5.41) is 0.745. The van der Waals surface area contributed by atoms with Crippen molar-refractivity contribution in [1.29, 1.82) is 0 Å². The van der Waals surface area contributed by atoms with Crippen molar-refractivity contribution in [2.75, 3.05) is 0 Å². The molecule has 16 heavy (non-hydrogen) atoms. The molecule has 0 radical (unpaired) electrons. The van der Waals surface area contributed by atoms with Crippen LogP contribution in [0.3, 0.4) is 0 Å². The Hall–Kier alpha value is -1.67. The molecule has 0 fully saturated rings. The first kappa shape index (κ1) is 9.55. The van der Waals surface area contributed by atoms with Crippen LogP contribution in [0.25, 0.3) is 16.8 Å². The van der Waals surface area contributed by atoms with Gasteiger partial charge in [-0.2, -0.15) is 0 Å². The molecule has 0 N–H and O–H groups in total. The van der Waals surface area contributed by atoms with E-state index in [1.165, 1.54) is 11.1 Å². The fourth-order valence-electron chi connectivity index (χ4n) is 1.94. The van der Waals surface area contributed by atoms with Crippen LogP contribution >= 0.6 is 11.6 Å². The number of aryl methyl sites for hydroxylation is 1. The quantitative estimate of drug-likeness (QED) is 0.604. The highest BCUT2D eigenvalue weighted by molar-refractivity contribution is 6.29. The highest BCUT2D eigenvalue weighted by atomic mass is 35.5. The molecule has 2 aromatic heterocycles. The van der Waals surface area contributed by atoms with Crippen molar-refractivity contribution in [3.8, 4) is 11.1 Å². The highest BCUT2D eigenvalue weighted by Crippen LogP contribution is 2.24. The summed E-state index contributed by atoms with van der Waals surface area (Å²) in [6.07, 6.45) is 4.01. The first-order chi connectivity index (χ1) is 7.75. The first-order valence-electron chi connectivity index (χ1n) is 5.14. The molecule has 0 aliphatic rings. The van der Waals surface area contributed by atoms with Gasteiger partial charge in [0.2, 0.25) is 0 Å². The van der Waals surface area contributed by atoms with Gasteiger partial charge in [0.1, 0.15) is 10.8 Å². The first-order valence-corrected chi connectivity index (χ1v) is 5.52. The van der Waals surface area contributed by atoms with Gasteiger partial charge in [-0.05, 0) is 11.6 Å². The maximum atomic E-state index is 6.03. The third kappa shape index (κ3) is 1.34. The largest absolute Gasteiger partial charge is 0.320 e. The van der Waals surface area contributed by atoms with Gasteiger partial charge in [-0.15, -0.1) is 0 Å². The SMILES string of the molecule is Cn1c(Cl)cn2cc(-c3ccccc3)cc12. The van der Waals surface area contributed by atoms with E-state index in [9.17, 15) is 0 Å². The third-order valence-corrected chi connectivity index (χ3v) is 3.20. The van der Waals surface area contributed by atoms with E-state index >= 15 is 0 Å². The molecule has 0 spiro atoms. The second-order valence-corrected chi connectivity index (χ2v) is 4.26. The molecule has 3 heteroatoms. The summed E-state index contributed by atoms with van der Waals surface area (Å²) in [7, 11) is 1.96. The lowest BCUT2D eigenvalue weighted by Gasteiger charge is -1.95. The Morgan fingerprint density at radius 3 is 2.44 bits per heavy atom. The Morgan fingerprint density at radius 1 is 1.00 bits per heavy atom. The monoisotopic (exact) mass is 230 g/mol. The molecule has 3 aromatic rings. The van der Waals surface area contributed by atoms with Crippen LogP contribution in [0, 0.1) is 0 Å². The van der Waals surface area contributed by atoms with E-state index in [1.807, 2.05) is 40.4 Å². The maximum absolute atomic E-state index is 6.03. The molecule has 80 valence electrons. The molecule has 2 heterocycles. The van der Waals surface area contributed by atoms with Crippen LogP contribution in [-0.4, -0.2) is 8.97 Å². The Morgan fingerprint density at radius 2 is 1.75 bits per heavy atom. The summed E-state index contributed by atoms with van der Waals surface area (Å²) >= 11 is 6.03. The van der Waals surface area contributed by atoms with Crippen LogP contribution in [0.15, 0.2) is 48.8 Å². The van der Waals surface area contributed by atoms with Gasteiger partial charge in [-0.1, -0.05) is 41.9 Å². The van der Waals surface area contributed by atoms with Crippen LogP contribution in [0.5, 0.6) is 0 Å². The molecular weight excluding hydrogens is 220 g/mol. The molecule has 0 unspecified atom stereocenters. The summed E-state index contributed by atoms with van der Waals surface area (Å²) in [4.78, 5) is 0. The average Bonchev–Trinajstić information content (AvgIpc) is 2.82. The zero-order valence-corrected chi connectivity index (χ0v) is 9.65. The van der Waals surface area contributed by atoms with E-state index in [2.05, 4.69) is 24.4 Å². The van der Waals surface area contributed by atoms with Crippen LogP contribution in [0.4, 0.5) is 0 Å². The van der Waals surface area contributed by atoms with Gasteiger partial charge in [-0.25, -0.2) is 0 Å². The number of benzene rings is 1. The van der Waals surface area contributed by atoms with E-state index in [1.54, 1.807) is 0 Å². The van der Waals surface area contributed by atoms with Gasteiger partial charge < -0.3 is 8.97 Å². The van der Waals surface area contributed by atoms with Crippen molar-refractivity contribution < 1.29 is 0 Å². The van der Waals surface area contributed by atoms with Crippen molar-refractivity contribution in [2.24, 2.45) is 7.05 Å². The maximum Gasteiger partial charge on any atom is 0.127 e. The van der Waals surface area contributed by atoms with Gasteiger partial charge in [-0.3, -0.25) is 0 Å². The van der Waals surface area contributed by atoms with Crippen molar-refractivity contribution >= 4 is 17.2 Å². The predicted octanol–water partition coefficient (Wildman–Crippen LogP) is 3.60. The number of fused-ring (bicyclic) bond motifs is 1. The van der Waals surface area contributed by atoms with Gasteiger partial charge >= 0.3 is 0 Å². The molecule has 0 aliphatic heterocycles. The number of halogens is 1. The van der Waals surface area contributed by atoms with Crippen molar-refractivity contribution in [3.05, 3.63) is 53.9 Å². The zero-order chi connectivity index (χ0) is 11.1. The summed E-state index contributed by atoms with van der Waals surface area (Å²) in [6.45, 7) is 0. The van der Waals surface area contributed by atoms with E-state index in [0.717, 1.165) is 10.8 Å². The standard InChI is InChI=1S/C13H11ClN2/c1-15-12(14)9-16-8-11(7-13(15)16)10-5-3-2-4-6-10/h2-9H,1H3. The Labute approximate surface area is 98.7 Å². The summed E-state index contributed by atoms with van der Waals surface area (Å²) in [5.74, 6) is 0. The van der Waals surface area contributed by atoms with Gasteiger partial charge in [0.25, 0.3) is 0 Å². The minimum absolute atomic E-state index is 0.745. The summed E-state index contributed by atoms with van der Waals surface area (Å²) in [5.41, 5.74) is 3.54. The number of rotatable bonds is 1. The minimum Gasteiger partial charge on any atom is -0.320 e. The Balaban J connectivity index is 2.20. The van der Waals surface area contributed by atoms with Crippen molar-refractivity contribution in [2.45, 2.75) is 0 Å². The molecule has 0 bridgehead atoms. The topological polar surface area (TPSA) is 9.34 Å². The van der Waals surface area contributed by atoms with E-state index in [0.29, 0.717) is 0 Å². The van der Waals surface area contributed by atoms with Crippen LogP contribution in [0.2, 0.25) is 5.15 Å². The molecule has 0 aliphatic carbocycles. The van der Waals surface area contributed by atoms with Crippen molar-refractivity contribution in [3.63, 3.8) is 0 Å². The number of hydrogen-bond donors (Lipinski definition) is 0. The Kier molecular flexibility index (Phi) is 2.04. The van der Waals surface area contributed by atoms with Gasteiger partial charge in [0, 0.05) is 25.0 Å². The lowest BCUT2D eigenvalue weighted by atomic mass is 10.1. The lowest BCUT2D eigenvalue weighted by molar-refractivity contribution is 0.959. The molecule has 3 rings (SSSR count). The third-order valence-electron chi connectivity index (χ3n) is 2.84. The Bertz CT molecular complexity index is 635. The van der Waals surface area contributed by atoms with Gasteiger partial charge in [0.15, 0.2) is 0 Å². The number of nitrogens with zero attached hydrogens (tertiary/aromatic N) is 2. The molecule has 2 nitrogen and oxygen atoms in total. The summed E-state index contributed by atoms with van der Waals surface area (Å²) in [6, 6.07) is 12.5.